The lowest BCUT2D eigenvalue weighted by Gasteiger charge is -2.45. The van der Waals surface area contributed by atoms with Gasteiger partial charge in [-0.1, -0.05) is 30.3 Å². The van der Waals surface area contributed by atoms with Gasteiger partial charge in [-0.2, -0.15) is 0 Å². The highest BCUT2D eigenvalue weighted by molar-refractivity contribution is 14.0. The Bertz CT molecular complexity index is 644. The van der Waals surface area contributed by atoms with Gasteiger partial charge in [0.2, 0.25) is 5.91 Å². The van der Waals surface area contributed by atoms with E-state index in [-0.39, 0.29) is 36.4 Å². The number of carbonyl (C=O) groups is 1. The molecule has 0 saturated carbocycles. The standard InChI is InChI=1S/C22H37N5O2.HI/c1-18-16-26(17-19(2)27(18)13-14-29-5)22(24-15-21(28)25(3)4)23-12-11-20-9-7-6-8-10-20;/h6-10,18-19H,11-17H2,1-5H3,(H,23,24);1H. The van der Waals surface area contributed by atoms with Crippen molar-refractivity contribution in [2.24, 2.45) is 4.99 Å². The number of halogens is 1. The summed E-state index contributed by atoms with van der Waals surface area (Å²) in [5.41, 5.74) is 1.29. The molecule has 1 N–H and O–H groups in total. The van der Waals surface area contributed by atoms with E-state index in [0.29, 0.717) is 12.1 Å². The minimum Gasteiger partial charge on any atom is -0.383 e. The summed E-state index contributed by atoms with van der Waals surface area (Å²) < 4.78 is 5.26. The topological polar surface area (TPSA) is 60.4 Å². The third-order valence-corrected chi connectivity index (χ3v) is 5.36. The van der Waals surface area contributed by atoms with Crippen LogP contribution in [0, 0.1) is 0 Å². The summed E-state index contributed by atoms with van der Waals surface area (Å²) in [6, 6.07) is 11.2. The van der Waals surface area contributed by atoms with Crippen LogP contribution >= 0.6 is 24.0 Å². The SMILES string of the molecule is COCCN1C(C)CN(C(=NCC(=O)N(C)C)NCCc2ccccc2)CC1C.I. The van der Waals surface area contributed by atoms with Crippen LogP contribution in [0.15, 0.2) is 35.3 Å². The predicted octanol–water partition coefficient (Wildman–Crippen LogP) is 1.92. The zero-order valence-electron chi connectivity index (χ0n) is 19.0. The highest BCUT2D eigenvalue weighted by Crippen LogP contribution is 2.15. The largest absolute Gasteiger partial charge is 0.383 e. The van der Waals surface area contributed by atoms with Gasteiger partial charge in [-0.15, -0.1) is 24.0 Å². The quantitative estimate of drug-likeness (QED) is 0.316. The van der Waals surface area contributed by atoms with Gasteiger partial charge in [0, 0.05) is 59.5 Å². The first-order valence-electron chi connectivity index (χ1n) is 10.4. The predicted molar refractivity (Wildman–Crippen MR) is 134 cm³/mol. The van der Waals surface area contributed by atoms with Crippen LogP contribution in [-0.4, -0.2) is 99.2 Å². The van der Waals surface area contributed by atoms with E-state index in [9.17, 15) is 4.79 Å². The number of benzene rings is 1. The van der Waals surface area contributed by atoms with Gasteiger partial charge in [-0.3, -0.25) is 9.69 Å². The number of methoxy groups -OCH3 is 1. The fraction of sp³-hybridized carbons (Fsp3) is 0.636. The first-order chi connectivity index (χ1) is 13.9. The van der Waals surface area contributed by atoms with Crippen molar-refractivity contribution < 1.29 is 9.53 Å². The monoisotopic (exact) mass is 531 g/mol. The van der Waals surface area contributed by atoms with Gasteiger partial charge in [0.25, 0.3) is 0 Å². The first kappa shape index (κ1) is 26.6. The summed E-state index contributed by atoms with van der Waals surface area (Å²) >= 11 is 0. The molecule has 0 aromatic heterocycles. The molecule has 7 nitrogen and oxygen atoms in total. The number of piperazine rings is 1. The molecule has 1 aromatic carbocycles. The Labute approximate surface area is 198 Å². The molecule has 1 saturated heterocycles. The Morgan fingerprint density at radius 2 is 1.83 bits per heavy atom. The minimum atomic E-state index is 0. The number of carbonyl (C=O) groups excluding carboxylic acids is 1. The number of hydrogen-bond acceptors (Lipinski definition) is 4. The van der Waals surface area contributed by atoms with Crippen LogP contribution in [0.5, 0.6) is 0 Å². The Morgan fingerprint density at radius 1 is 1.20 bits per heavy atom. The normalized spacial score (nSPS) is 19.9. The van der Waals surface area contributed by atoms with Crippen molar-refractivity contribution in [3.63, 3.8) is 0 Å². The lowest BCUT2D eigenvalue weighted by molar-refractivity contribution is -0.127. The van der Waals surface area contributed by atoms with Crippen molar-refractivity contribution in [1.29, 1.82) is 0 Å². The van der Waals surface area contributed by atoms with Crippen LogP contribution in [0.2, 0.25) is 0 Å². The van der Waals surface area contributed by atoms with Crippen LogP contribution in [0.25, 0.3) is 0 Å². The van der Waals surface area contributed by atoms with Gasteiger partial charge in [0.1, 0.15) is 6.54 Å². The van der Waals surface area contributed by atoms with Crippen molar-refractivity contribution in [3.8, 4) is 0 Å². The Hall–Kier alpha value is -1.39. The molecule has 0 radical (unpaired) electrons. The third kappa shape index (κ3) is 8.39. The van der Waals surface area contributed by atoms with E-state index in [1.54, 1.807) is 26.1 Å². The van der Waals surface area contributed by atoms with Gasteiger partial charge in [-0.05, 0) is 25.8 Å². The molecular formula is C22H38IN5O2. The maximum absolute atomic E-state index is 12.1. The van der Waals surface area contributed by atoms with E-state index in [0.717, 1.165) is 45.2 Å². The molecule has 2 rings (SSSR count). The van der Waals surface area contributed by atoms with E-state index in [1.807, 2.05) is 6.07 Å². The van der Waals surface area contributed by atoms with Gasteiger partial charge >= 0.3 is 0 Å². The van der Waals surface area contributed by atoms with E-state index < -0.39 is 0 Å². The summed E-state index contributed by atoms with van der Waals surface area (Å²) in [6.07, 6.45) is 0.917. The van der Waals surface area contributed by atoms with Gasteiger partial charge < -0.3 is 19.9 Å². The number of aliphatic imine (C=N–C) groups is 1. The number of likely N-dealkylation sites (N-methyl/N-ethyl adjacent to an activating group) is 1. The van der Waals surface area contributed by atoms with Crippen molar-refractivity contribution >= 4 is 35.8 Å². The molecular weight excluding hydrogens is 493 g/mol. The molecule has 1 aliphatic heterocycles. The molecule has 0 bridgehead atoms. The molecule has 1 aliphatic rings. The lowest BCUT2D eigenvalue weighted by atomic mass is 10.1. The van der Waals surface area contributed by atoms with Crippen molar-refractivity contribution in [3.05, 3.63) is 35.9 Å². The molecule has 2 atom stereocenters. The lowest BCUT2D eigenvalue weighted by Crippen LogP contribution is -2.60. The maximum atomic E-state index is 12.1. The van der Waals surface area contributed by atoms with Gasteiger partial charge in [0.05, 0.1) is 6.61 Å². The summed E-state index contributed by atoms with van der Waals surface area (Å²) in [4.78, 5) is 23.1. The van der Waals surface area contributed by atoms with Gasteiger partial charge in [0.15, 0.2) is 5.96 Å². The molecule has 170 valence electrons. The van der Waals surface area contributed by atoms with E-state index in [4.69, 9.17) is 4.74 Å². The third-order valence-electron chi connectivity index (χ3n) is 5.36. The van der Waals surface area contributed by atoms with Gasteiger partial charge in [-0.25, -0.2) is 4.99 Å². The molecule has 8 heteroatoms. The van der Waals surface area contributed by atoms with Crippen LogP contribution < -0.4 is 5.32 Å². The van der Waals surface area contributed by atoms with Crippen LogP contribution in [0.4, 0.5) is 0 Å². The summed E-state index contributed by atoms with van der Waals surface area (Å²) in [5, 5.41) is 3.49. The van der Waals surface area contributed by atoms with Crippen molar-refractivity contribution in [2.45, 2.75) is 32.4 Å². The highest BCUT2D eigenvalue weighted by atomic mass is 127. The molecule has 1 fully saturated rings. The average Bonchev–Trinajstić information content (AvgIpc) is 2.70. The molecule has 30 heavy (non-hydrogen) atoms. The summed E-state index contributed by atoms with van der Waals surface area (Å²) in [5.74, 6) is 0.827. The number of nitrogens with zero attached hydrogens (tertiary/aromatic N) is 4. The number of ether oxygens (including phenoxy) is 1. The average molecular weight is 531 g/mol. The van der Waals surface area contributed by atoms with Crippen LogP contribution in [0.3, 0.4) is 0 Å². The van der Waals surface area contributed by atoms with E-state index in [2.05, 4.69) is 58.2 Å². The first-order valence-corrected chi connectivity index (χ1v) is 10.4. The maximum Gasteiger partial charge on any atom is 0.243 e. The Balaban J connectivity index is 0.00000450. The fourth-order valence-electron chi connectivity index (χ4n) is 3.68. The molecule has 2 unspecified atom stereocenters. The number of nitrogens with one attached hydrogen (secondary N) is 1. The molecule has 1 amide bonds. The Morgan fingerprint density at radius 3 is 2.40 bits per heavy atom. The smallest absolute Gasteiger partial charge is 0.243 e. The molecule has 1 aromatic rings. The van der Waals surface area contributed by atoms with Crippen molar-refractivity contribution in [1.82, 2.24) is 20.0 Å². The number of amides is 1. The van der Waals surface area contributed by atoms with Crippen molar-refractivity contribution in [2.75, 3.05) is 60.5 Å². The van der Waals surface area contributed by atoms with Crippen LogP contribution in [-0.2, 0) is 16.0 Å². The summed E-state index contributed by atoms with van der Waals surface area (Å²) in [6.45, 7) is 8.85. The zero-order chi connectivity index (χ0) is 21.2. The fourth-order valence-corrected chi connectivity index (χ4v) is 3.68. The second-order valence-corrected chi connectivity index (χ2v) is 7.92. The van der Waals surface area contributed by atoms with E-state index >= 15 is 0 Å². The molecule has 0 aliphatic carbocycles. The number of rotatable bonds is 8. The summed E-state index contributed by atoms with van der Waals surface area (Å²) in [7, 11) is 5.27. The minimum absolute atomic E-state index is 0. The number of hydrogen-bond donors (Lipinski definition) is 1. The van der Waals surface area contributed by atoms with E-state index in [1.165, 1.54) is 5.56 Å². The number of guanidine groups is 1. The Kier molecular flexibility index (Phi) is 12.3. The van der Waals surface area contributed by atoms with Crippen LogP contribution in [0.1, 0.15) is 19.4 Å². The highest BCUT2D eigenvalue weighted by Gasteiger charge is 2.30. The second-order valence-electron chi connectivity index (χ2n) is 7.92. The second kappa shape index (κ2) is 13.8. The molecule has 0 spiro atoms. The zero-order valence-corrected chi connectivity index (χ0v) is 21.3. The molecule has 1 heterocycles.